The molecule has 0 spiro atoms. The fourth-order valence-electron chi connectivity index (χ4n) is 2.50. The molecule has 1 aromatic carbocycles. The van der Waals surface area contributed by atoms with Gasteiger partial charge in [0.15, 0.2) is 23.2 Å². The van der Waals surface area contributed by atoms with E-state index >= 15 is 0 Å². The smallest absolute Gasteiger partial charge is 0.191 e. The van der Waals surface area contributed by atoms with Crippen LogP contribution in [0.3, 0.4) is 0 Å². The summed E-state index contributed by atoms with van der Waals surface area (Å²) in [5.74, 6) is 0.0941. The van der Waals surface area contributed by atoms with Gasteiger partial charge in [0.2, 0.25) is 0 Å². The molecular weight excluding hydrogens is 354 g/mol. The Morgan fingerprint density at radius 3 is 2.81 bits per heavy atom. The highest BCUT2D eigenvalue weighted by Gasteiger charge is 2.06. The zero-order valence-electron chi connectivity index (χ0n) is 14.8. The van der Waals surface area contributed by atoms with Crippen LogP contribution in [0.25, 0.3) is 5.65 Å². The van der Waals surface area contributed by atoms with E-state index in [4.69, 9.17) is 4.74 Å². The monoisotopic (exact) mass is 374 g/mol. The van der Waals surface area contributed by atoms with Crippen LogP contribution in [0.2, 0.25) is 0 Å². The lowest BCUT2D eigenvalue weighted by atomic mass is 10.3. The first-order valence-corrected chi connectivity index (χ1v) is 8.48. The van der Waals surface area contributed by atoms with Gasteiger partial charge in [-0.3, -0.25) is 9.39 Å². The Kier molecular flexibility index (Phi) is 6.14. The van der Waals surface area contributed by atoms with E-state index in [0.29, 0.717) is 25.5 Å². The lowest BCUT2D eigenvalue weighted by molar-refractivity contribution is 0.304. The van der Waals surface area contributed by atoms with Gasteiger partial charge in [-0.25, -0.2) is 8.78 Å². The molecule has 3 rings (SSSR count). The van der Waals surface area contributed by atoms with E-state index in [0.717, 1.165) is 23.6 Å². The fraction of sp³-hybridized carbons (Fsp3) is 0.278. The Morgan fingerprint density at radius 2 is 2.00 bits per heavy atom. The predicted molar refractivity (Wildman–Crippen MR) is 97.9 cm³/mol. The second-order valence-electron chi connectivity index (χ2n) is 5.64. The van der Waals surface area contributed by atoms with Crippen molar-refractivity contribution >= 4 is 11.6 Å². The minimum atomic E-state index is -0.724. The molecule has 0 unspecified atom stereocenters. The van der Waals surface area contributed by atoms with E-state index in [1.807, 2.05) is 28.8 Å². The molecular formula is C18H20F2N6O. The Balaban J connectivity index is 1.40. The minimum absolute atomic E-state index is 0.0137. The van der Waals surface area contributed by atoms with Crippen LogP contribution in [-0.2, 0) is 6.42 Å². The van der Waals surface area contributed by atoms with Gasteiger partial charge in [0, 0.05) is 32.3 Å². The number of benzene rings is 1. The number of rotatable bonds is 7. The second-order valence-corrected chi connectivity index (χ2v) is 5.64. The first kappa shape index (κ1) is 18.6. The van der Waals surface area contributed by atoms with Crippen molar-refractivity contribution in [2.24, 2.45) is 4.99 Å². The summed E-state index contributed by atoms with van der Waals surface area (Å²) in [7, 11) is 1.66. The summed E-state index contributed by atoms with van der Waals surface area (Å²) >= 11 is 0. The van der Waals surface area contributed by atoms with Crippen LogP contribution >= 0.6 is 0 Å². The molecule has 3 aromatic rings. The maximum atomic E-state index is 13.5. The minimum Gasteiger partial charge on any atom is -0.489 e. The molecule has 2 aromatic heterocycles. The molecule has 142 valence electrons. The quantitative estimate of drug-likeness (QED) is 0.375. The van der Waals surface area contributed by atoms with Gasteiger partial charge in [0.25, 0.3) is 0 Å². The first-order chi connectivity index (χ1) is 13.2. The number of aromatic nitrogens is 3. The lowest BCUT2D eigenvalue weighted by Crippen LogP contribution is -2.40. The van der Waals surface area contributed by atoms with Crippen molar-refractivity contribution in [3.8, 4) is 5.75 Å². The predicted octanol–water partition coefficient (Wildman–Crippen LogP) is 1.79. The standard InChI is InChI=1S/C18H20F2N6O/c1-21-18(23-9-11-27-15-6-5-13(19)12-14(15)20)22-8-7-17-25-24-16-4-2-3-10-26(16)17/h2-6,10,12H,7-9,11H2,1H3,(H2,21,22,23). The number of ether oxygens (including phenoxy) is 1. The topological polar surface area (TPSA) is 75.8 Å². The Labute approximate surface area is 155 Å². The number of halogens is 2. The molecule has 0 bridgehead atoms. The first-order valence-electron chi connectivity index (χ1n) is 8.48. The molecule has 27 heavy (non-hydrogen) atoms. The third-order valence-electron chi connectivity index (χ3n) is 3.79. The van der Waals surface area contributed by atoms with Crippen molar-refractivity contribution in [2.75, 3.05) is 26.7 Å². The number of fused-ring (bicyclic) bond motifs is 1. The van der Waals surface area contributed by atoms with E-state index in [1.54, 1.807) is 7.05 Å². The highest BCUT2D eigenvalue weighted by atomic mass is 19.1. The zero-order valence-corrected chi connectivity index (χ0v) is 14.8. The Bertz CT molecular complexity index is 927. The largest absolute Gasteiger partial charge is 0.489 e. The molecule has 0 atom stereocenters. The van der Waals surface area contributed by atoms with E-state index in [2.05, 4.69) is 25.8 Å². The molecule has 0 fully saturated rings. The molecule has 0 aliphatic rings. The molecule has 0 aliphatic heterocycles. The molecule has 0 aliphatic carbocycles. The number of hydrogen-bond acceptors (Lipinski definition) is 4. The van der Waals surface area contributed by atoms with E-state index in [9.17, 15) is 8.78 Å². The summed E-state index contributed by atoms with van der Waals surface area (Å²) in [6.45, 7) is 1.23. The maximum Gasteiger partial charge on any atom is 0.191 e. The van der Waals surface area contributed by atoms with Crippen LogP contribution in [0.1, 0.15) is 5.82 Å². The van der Waals surface area contributed by atoms with Crippen LogP contribution in [0.4, 0.5) is 8.78 Å². The third kappa shape index (κ3) is 4.90. The van der Waals surface area contributed by atoms with E-state index in [-0.39, 0.29) is 12.4 Å². The number of nitrogens with one attached hydrogen (secondary N) is 2. The lowest BCUT2D eigenvalue weighted by Gasteiger charge is -2.12. The Hall–Kier alpha value is -3.23. The molecule has 7 nitrogen and oxygen atoms in total. The fourth-order valence-corrected chi connectivity index (χ4v) is 2.50. The van der Waals surface area contributed by atoms with Crippen molar-refractivity contribution in [2.45, 2.75) is 6.42 Å². The van der Waals surface area contributed by atoms with Crippen molar-refractivity contribution in [3.63, 3.8) is 0 Å². The van der Waals surface area contributed by atoms with Gasteiger partial charge >= 0.3 is 0 Å². The Morgan fingerprint density at radius 1 is 1.15 bits per heavy atom. The van der Waals surface area contributed by atoms with Crippen molar-refractivity contribution in [3.05, 3.63) is 60.1 Å². The third-order valence-corrected chi connectivity index (χ3v) is 3.79. The van der Waals surface area contributed by atoms with Gasteiger partial charge in [-0.1, -0.05) is 6.07 Å². The number of aliphatic imine (C=N–C) groups is 1. The van der Waals surface area contributed by atoms with Crippen LogP contribution < -0.4 is 15.4 Å². The molecule has 0 amide bonds. The summed E-state index contributed by atoms with van der Waals surface area (Å²) in [6, 6.07) is 8.95. The van der Waals surface area contributed by atoms with Gasteiger partial charge in [-0.2, -0.15) is 0 Å². The summed E-state index contributed by atoms with van der Waals surface area (Å²) in [4.78, 5) is 4.12. The van der Waals surface area contributed by atoms with Crippen molar-refractivity contribution in [1.82, 2.24) is 25.2 Å². The average Bonchev–Trinajstić information content (AvgIpc) is 3.08. The van der Waals surface area contributed by atoms with Gasteiger partial charge in [-0.05, 0) is 24.3 Å². The van der Waals surface area contributed by atoms with Gasteiger partial charge in [0.1, 0.15) is 18.2 Å². The number of hydrogen-bond donors (Lipinski definition) is 2. The highest BCUT2D eigenvalue weighted by molar-refractivity contribution is 5.79. The van der Waals surface area contributed by atoms with E-state index < -0.39 is 11.6 Å². The summed E-state index contributed by atoms with van der Waals surface area (Å²) in [5, 5.41) is 14.5. The SMILES string of the molecule is CN=C(NCCOc1ccc(F)cc1F)NCCc1nnc2ccccn12. The van der Waals surface area contributed by atoms with E-state index in [1.165, 1.54) is 6.07 Å². The van der Waals surface area contributed by atoms with Crippen LogP contribution in [0.15, 0.2) is 47.6 Å². The summed E-state index contributed by atoms with van der Waals surface area (Å²) in [5.41, 5.74) is 0.806. The second kappa shape index (κ2) is 8.93. The van der Waals surface area contributed by atoms with Crippen LogP contribution in [0, 0.1) is 11.6 Å². The van der Waals surface area contributed by atoms with Crippen LogP contribution in [-0.4, -0.2) is 47.3 Å². The van der Waals surface area contributed by atoms with Crippen molar-refractivity contribution < 1.29 is 13.5 Å². The van der Waals surface area contributed by atoms with Gasteiger partial charge < -0.3 is 15.4 Å². The molecule has 0 saturated carbocycles. The summed E-state index contributed by atoms with van der Waals surface area (Å²) < 4.78 is 33.6. The molecule has 2 N–H and O–H groups in total. The van der Waals surface area contributed by atoms with Gasteiger partial charge in [-0.15, -0.1) is 10.2 Å². The maximum absolute atomic E-state index is 13.5. The average molecular weight is 374 g/mol. The molecule has 2 heterocycles. The number of guanidine groups is 1. The van der Waals surface area contributed by atoms with Crippen molar-refractivity contribution in [1.29, 1.82) is 0 Å². The van der Waals surface area contributed by atoms with Crippen LogP contribution in [0.5, 0.6) is 5.75 Å². The number of pyridine rings is 1. The van der Waals surface area contributed by atoms with Gasteiger partial charge in [0.05, 0.1) is 6.54 Å². The number of nitrogens with zero attached hydrogens (tertiary/aromatic N) is 4. The normalized spacial score (nSPS) is 11.6. The summed E-state index contributed by atoms with van der Waals surface area (Å²) in [6.07, 6.45) is 2.59. The molecule has 0 radical (unpaired) electrons. The molecule has 9 heteroatoms. The molecule has 0 saturated heterocycles. The highest BCUT2D eigenvalue weighted by Crippen LogP contribution is 2.17. The zero-order chi connectivity index (χ0) is 19.1.